The number of nitrogens with zero attached hydrogens (tertiary/aromatic N) is 5. The molecule has 5 heteroatoms. The van der Waals surface area contributed by atoms with Crippen molar-refractivity contribution in [1.29, 1.82) is 0 Å². The van der Waals surface area contributed by atoms with Crippen LogP contribution in [-0.4, -0.2) is 24.9 Å². The predicted molar refractivity (Wildman–Crippen MR) is 179 cm³/mol. The van der Waals surface area contributed by atoms with Gasteiger partial charge in [-0.3, -0.25) is 9.97 Å². The van der Waals surface area contributed by atoms with E-state index in [9.17, 15) is 0 Å². The van der Waals surface area contributed by atoms with Crippen LogP contribution in [0.15, 0.2) is 140 Å². The first kappa shape index (κ1) is 24.5. The lowest BCUT2D eigenvalue weighted by Crippen LogP contribution is -1.97. The van der Waals surface area contributed by atoms with Gasteiger partial charge in [-0.1, -0.05) is 84.9 Å². The van der Waals surface area contributed by atoms with Crippen molar-refractivity contribution in [3.63, 3.8) is 0 Å². The largest absolute Gasteiger partial charge is 0.255 e. The molecule has 9 aromatic rings. The molecule has 9 rings (SSSR count). The van der Waals surface area contributed by atoms with Crippen molar-refractivity contribution < 1.29 is 0 Å². The van der Waals surface area contributed by atoms with E-state index in [4.69, 9.17) is 19.9 Å². The topological polar surface area (TPSA) is 64.5 Å². The van der Waals surface area contributed by atoms with E-state index in [-0.39, 0.29) is 0 Å². The summed E-state index contributed by atoms with van der Waals surface area (Å²) >= 11 is 0. The first-order valence-corrected chi connectivity index (χ1v) is 14.6. The standard InChI is InChI=1S/C39H23N5/c1-2-12-29-27(8-1)22-28(33-19-18-26-17-16-25-11-7-21-41-36(25)37(26)42-33)23-32(29)38-30-13-3-4-15-34(30)43-39(44-38)31-14-5-9-24-10-6-20-40-35(24)31/h1-23H. The van der Waals surface area contributed by atoms with Crippen LogP contribution in [0.2, 0.25) is 0 Å². The Bertz CT molecular complexity index is 2570. The van der Waals surface area contributed by atoms with Gasteiger partial charge >= 0.3 is 0 Å². The minimum Gasteiger partial charge on any atom is -0.255 e. The summed E-state index contributed by atoms with van der Waals surface area (Å²) in [6.45, 7) is 0. The van der Waals surface area contributed by atoms with Gasteiger partial charge in [-0.2, -0.15) is 0 Å². The summed E-state index contributed by atoms with van der Waals surface area (Å²) in [5, 5.41) is 6.43. The Kier molecular flexibility index (Phi) is 5.43. The normalized spacial score (nSPS) is 11.6. The fourth-order valence-electron chi connectivity index (χ4n) is 6.23. The maximum Gasteiger partial charge on any atom is 0.162 e. The highest BCUT2D eigenvalue weighted by Gasteiger charge is 2.17. The zero-order valence-corrected chi connectivity index (χ0v) is 23.5. The Morgan fingerprint density at radius 2 is 1.09 bits per heavy atom. The van der Waals surface area contributed by atoms with Gasteiger partial charge in [0.15, 0.2) is 5.82 Å². The monoisotopic (exact) mass is 561 g/mol. The molecule has 204 valence electrons. The third-order valence-electron chi connectivity index (χ3n) is 8.32. The average Bonchev–Trinajstić information content (AvgIpc) is 3.10. The number of hydrogen-bond acceptors (Lipinski definition) is 5. The van der Waals surface area contributed by atoms with Crippen molar-refractivity contribution in [2.75, 3.05) is 0 Å². The molecule has 0 radical (unpaired) electrons. The van der Waals surface area contributed by atoms with Crippen molar-refractivity contribution in [2.45, 2.75) is 0 Å². The molecule has 5 nitrogen and oxygen atoms in total. The average molecular weight is 562 g/mol. The van der Waals surface area contributed by atoms with Gasteiger partial charge in [0.05, 0.1) is 33.5 Å². The third-order valence-corrected chi connectivity index (χ3v) is 8.32. The first-order valence-electron chi connectivity index (χ1n) is 14.6. The lowest BCUT2D eigenvalue weighted by atomic mass is 9.95. The molecule has 5 aromatic carbocycles. The summed E-state index contributed by atoms with van der Waals surface area (Å²) in [5.41, 5.74) is 8.30. The minimum atomic E-state index is 0.652. The maximum atomic E-state index is 5.29. The third kappa shape index (κ3) is 3.91. The molecule has 0 aliphatic rings. The number of fused-ring (bicyclic) bond motifs is 6. The van der Waals surface area contributed by atoms with Gasteiger partial charge in [0.1, 0.15) is 0 Å². The van der Waals surface area contributed by atoms with E-state index in [1.54, 1.807) is 0 Å². The molecule has 0 fully saturated rings. The molecular formula is C39H23N5. The summed E-state index contributed by atoms with van der Waals surface area (Å²) in [6, 6.07) is 43.8. The van der Waals surface area contributed by atoms with Crippen molar-refractivity contribution in [3.8, 4) is 33.9 Å². The van der Waals surface area contributed by atoms with Crippen LogP contribution in [-0.2, 0) is 0 Å². The van der Waals surface area contributed by atoms with Crippen LogP contribution >= 0.6 is 0 Å². The van der Waals surface area contributed by atoms with Crippen molar-refractivity contribution in [2.24, 2.45) is 0 Å². The SMILES string of the molecule is c1ccc2c(-c3nc(-c4cccc5cccnc45)nc4ccccc34)cc(-c3ccc4ccc5cccnc5c4n3)cc2c1. The zero-order chi connectivity index (χ0) is 29.0. The van der Waals surface area contributed by atoms with Crippen molar-refractivity contribution in [1.82, 2.24) is 24.9 Å². The molecule has 0 unspecified atom stereocenters. The fraction of sp³-hybridized carbons (Fsp3) is 0. The molecular weight excluding hydrogens is 538 g/mol. The number of aromatic nitrogens is 5. The number of pyridine rings is 3. The van der Waals surface area contributed by atoms with E-state index < -0.39 is 0 Å². The number of para-hydroxylation sites is 2. The highest BCUT2D eigenvalue weighted by Crippen LogP contribution is 2.38. The van der Waals surface area contributed by atoms with E-state index >= 15 is 0 Å². The number of benzene rings is 5. The highest BCUT2D eigenvalue weighted by atomic mass is 14.9. The Labute approximate surface area is 252 Å². The molecule has 4 aromatic heterocycles. The summed E-state index contributed by atoms with van der Waals surface area (Å²) < 4.78 is 0. The highest BCUT2D eigenvalue weighted by molar-refractivity contribution is 6.07. The Balaban J connectivity index is 1.32. The molecule has 0 bridgehead atoms. The molecule has 0 aliphatic carbocycles. The van der Waals surface area contributed by atoms with Gasteiger partial charge < -0.3 is 0 Å². The quantitative estimate of drug-likeness (QED) is 0.201. The second kappa shape index (κ2) is 9.75. The van der Waals surface area contributed by atoms with Gasteiger partial charge in [0, 0.05) is 50.6 Å². The van der Waals surface area contributed by atoms with Gasteiger partial charge in [0.2, 0.25) is 0 Å². The molecule has 0 saturated carbocycles. The minimum absolute atomic E-state index is 0.652. The summed E-state index contributed by atoms with van der Waals surface area (Å²) in [5.74, 6) is 0.652. The first-order chi connectivity index (χ1) is 21.8. The van der Waals surface area contributed by atoms with Crippen LogP contribution in [0.4, 0.5) is 0 Å². The van der Waals surface area contributed by atoms with Gasteiger partial charge in [-0.15, -0.1) is 0 Å². The molecule has 0 amide bonds. The lowest BCUT2D eigenvalue weighted by molar-refractivity contribution is 1.23. The van der Waals surface area contributed by atoms with Crippen molar-refractivity contribution in [3.05, 3.63) is 140 Å². The van der Waals surface area contributed by atoms with E-state index in [0.29, 0.717) is 5.82 Å². The number of hydrogen-bond donors (Lipinski definition) is 0. The predicted octanol–water partition coefficient (Wildman–Crippen LogP) is 9.43. The molecule has 0 N–H and O–H groups in total. The Morgan fingerprint density at radius 1 is 0.409 bits per heavy atom. The van der Waals surface area contributed by atoms with Crippen LogP contribution in [0.3, 0.4) is 0 Å². The van der Waals surface area contributed by atoms with Crippen LogP contribution in [0, 0.1) is 0 Å². The Morgan fingerprint density at radius 3 is 1.98 bits per heavy atom. The maximum absolute atomic E-state index is 5.29. The van der Waals surface area contributed by atoms with E-state index in [2.05, 4.69) is 102 Å². The van der Waals surface area contributed by atoms with Gasteiger partial charge in [0.25, 0.3) is 0 Å². The smallest absolute Gasteiger partial charge is 0.162 e. The second-order valence-electron chi connectivity index (χ2n) is 10.9. The lowest BCUT2D eigenvalue weighted by Gasteiger charge is -2.14. The second-order valence-corrected chi connectivity index (χ2v) is 10.9. The van der Waals surface area contributed by atoms with Crippen LogP contribution < -0.4 is 0 Å². The van der Waals surface area contributed by atoms with Crippen LogP contribution in [0.1, 0.15) is 0 Å². The van der Waals surface area contributed by atoms with Crippen LogP contribution in [0.25, 0.3) is 88.3 Å². The summed E-state index contributed by atoms with van der Waals surface area (Å²) in [4.78, 5) is 24.9. The van der Waals surface area contributed by atoms with E-state index in [1.165, 1.54) is 0 Å². The van der Waals surface area contributed by atoms with Gasteiger partial charge in [-0.25, -0.2) is 15.0 Å². The molecule has 0 atom stereocenters. The fourth-order valence-corrected chi connectivity index (χ4v) is 6.23. The van der Waals surface area contributed by atoms with Crippen LogP contribution in [0.5, 0.6) is 0 Å². The zero-order valence-electron chi connectivity index (χ0n) is 23.5. The Hall–Kier alpha value is -6.07. The van der Waals surface area contributed by atoms with E-state index in [1.807, 2.05) is 42.7 Å². The molecule has 0 aliphatic heterocycles. The number of rotatable bonds is 3. The summed E-state index contributed by atoms with van der Waals surface area (Å²) in [7, 11) is 0. The molecule has 4 heterocycles. The molecule has 0 spiro atoms. The van der Waals surface area contributed by atoms with Gasteiger partial charge in [-0.05, 0) is 53.2 Å². The molecule has 0 saturated heterocycles. The van der Waals surface area contributed by atoms with Crippen molar-refractivity contribution >= 4 is 54.4 Å². The van der Waals surface area contributed by atoms with E-state index in [0.717, 1.165) is 82.5 Å². The molecule has 44 heavy (non-hydrogen) atoms. The summed E-state index contributed by atoms with van der Waals surface area (Å²) in [6.07, 6.45) is 3.65.